The Morgan fingerprint density at radius 3 is 2.71 bits per heavy atom. The van der Waals surface area contributed by atoms with Crippen molar-refractivity contribution in [3.05, 3.63) is 29.3 Å². The second-order valence-corrected chi connectivity index (χ2v) is 3.21. The molecular weight excluding hydrogens is 200 g/mol. The van der Waals surface area contributed by atoms with Crippen molar-refractivity contribution < 1.29 is 9.90 Å². The minimum Gasteiger partial charge on any atom is -0.478 e. The van der Waals surface area contributed by atoms with Crippen LogP contribution in [0.25, 0.3) is 0 Å². The van der Waals surface area contributed by atoms with Gasteiger partial charge in [-0.25, -0.2) is 4.79 Å². The summed E-state index contributed by atoms with van der Waals surface area (Å²) in [4.78, 5) is 10.8. The number of nitrogens with one attached hydrogen (secondary N) is 1. The molecule has 0 saturated heterocycles. The van der Waals surface area contributed by atoms with Gasteiger partial charge in [0.15, 0.2) is 5.11 Å². The van der Waals surface area contributed by atoms with Crippen molar-refractivity contribution in [1.82, 2.24) is 0 Å². The van der Waals surface area contributed by atoms with Crippen LogP contribution in [0.15, 0.2) is 18.2 Å². The number of hydrogen-bond acceptors (Lipinski definition) is 2. The third kappa shape index (κ3) is 2.20. The fourth-order valence-electron chi connectivity index (χ4n) is 1.14. The Balaban J connectivity index is 3.13. The van der Waals surface area contributed by atoms with Crippen LogP contribution in [0, 0.1) is 6.92 Å². The Bertz CT molecular complexity index is 390. The summed E-state index contributed by atoms with van der Waals surface area (Å²) in [5.74, 6) is -0.964. The Labute approximate surface area is 86.7 Å². The topological polar surface area (TPSA) is 75.3 Å². The summed E-state index contributed by atoms with van der Waals surface area (Å²) < 4.78 is 0. The number of anilines is 1. The summed E-state index contributed by atoms with van der Waals surface area (Å²) in [6.45, 7) is 1.70. The van der Waals surface area contributed by atoms with Crippen LogP contribution in [0.4, 0.5) is 5.69 Å². The maximum atomic E-state index is 10.8. The molecule has 4 nitrogen and oxygen atoms in total. The SMILES string of the molecule is Cc1c(NC(N)=S)cccc1C(=O)O. The van der Waals surface area contributed by atoms with E-state index in [0.717, 1.165) is 0 Å². The van der Waals surface area contributed by atoms with E-state index in [1.54, 1.807) is 19.1 Å². The molecule has 0 aromatic heterocycles. The Hall–Kier alpha value is -1.62. The van der Waals surface area contributed by atoms with Gasteiger partial charge in [0.25, 0.3) is 0 Å². The number of rotatable bonds is 2. The molecule has 5 heteroatoms. The van der Waals surface area contributed by atoms with Crippen LogP contribution in [0.2, 0.25) is 0 Å². The third-order valence-electron chi connectivity index (χ3n) is 1.82. The van der Waals surface area contributed by atoms with Crippen molar-refractivity contribution in [3.8, 4) is 0 Å². The van der Waals surface area contributed by atoms with Gasteiger partial charge in [0.05, 0.1) is 5.56 Å². The van der Waals surface area contributed by atoms with E-state index >= 15 is 0 Å². The van der Waals surface area contributed by atoms with E-state index < -0.39 is 5.97 Å². The molecule has 0 atom stereocenters. The predicted molar refractivity (Wildman–Crippen MR) is 58.5 cm³/mol. The molecule has 1 rings (SSSR count). The number of benzene rings is 1. The summed E-state index contributed by atoms with van der Waals surface area (Å²) in [6.07, 6.45) is 0. The number of aromatic carboxylic acids is 1. The monoisotopic (exact) mass is 210 g/mol. The van der Waals surface area contributed by atoms with E-state index in [4.69, 9.17) is 10.8 Å². The summed E-state index contributed by atoms with van der Waals surface area (Å²) >= 11 is 4.67. The molecule has 0 aliphatic carbocycles. The number of carboxylic acid groups (broad SMARTS) is 1. The van der Waals surface area contributed by atoms with Crippen LogP contribution in [0.5, 0.6) is 0 Å². The largest absolute Gasteiger partial charge is 0.478 e. The normalized spacial score (nSPS) is 9.50. The quantitative estimate of drug-likeness (QED) is 0.642. The van der Waals surface area contributed by atoms with Gasteiger partial charge in [0.1, 0.15) is 0 Å². The van der Waals surface area contributed by atoms with Crippen LogP contribution in [-0.4, -0.2) is 16.2 Å². The summed E-state index contributed by atoms with van der Waals surface area (Å²) in [6, 6.07) is 4.89. The third-order valence-corrected chi connectivity index (χ3v) is 1.92. The molecule has 0 aliphatic rings. The number of carbonyl (C=O) groups is 1. The minimum atomic E-state index is -0.964. The zero-order chi connectivity index (χ0) is 10.7. The van der Waals surface area contributed by atoms with Gasteiger partial charge in [-0.2, -0.15) is 0 Å². The molecule has 0 spiro atoms. The lowest BCUT2D eigenvalue weighted by Gasteiger charge is -2.09. The molecule has 0 bridgehead atoms. The molecule has 0 aliphatic heterocycles. The highest BCUT2D eigenvalue weighted by molar-refractivity contribution is 7.80. The van der Waals surface area contributed by atoms with Gasteiger partial charge in [-0.3, -0.25) is 0 Å². The number of nitrogens with two attached hydrogens (primary N) is 1. The Kier molecular flexibility index (Phi) is 3.03. The van der Waals surface area contributed by atoms with Gasteiger partial charge in [0.2, 0.25) is 0 Å². The minimum absolute atomic E-state index is 0.121. The molecule has 74 valence electrons. The van der Waals surface area contributed by atoms with Gasteiger partial charge < -0.3 is 16.2 Å². The van der Waals surface area contributed by atoms with Crippen LogP contribution < -0.4 is 11.1 Å². The first-order chi connectivity index (χ1) is 6.52. The van der Waals surface area contributed by atoms with Crippen molar-refractivity contribution in [3.63, 3.8) is 0 Å². The van der Waals surface area contributed by atoms with E-state index in [-0.39, 0.29) is 10.7 Å². The first kappa shape index (κ1) is 10.5. The molecule has 0 unspecified atom stereocenters. The molecule has 1 aromatic rings. The lowest BCUT2D eigenvalue weighted by molar-refractivity contribution is 0.0696. The molecule has 0 saturated carbocycles. The van der Waals surface area contributed by atoms with Crippen molar-refractivity contribution in [2.45, 2.75) is 6.92 Å². The fourth-order valence-corrected chi connectivity index (χ4v) is 1.25. The average molecular weight is 210 g/mol. The predicted octanol–water partition coefficient (Wildman–Crippen LogP) is 1.35. The second-order valence-electron chi connectivity index (χ2n) is 2.77. The van der Waals surface area contributed by atoms with Crippen molar-refractivity contribution in [2.24, 2.45) is 5.73 Å². The number of hydrogen-bond donors (Lipinski definition) is 3. The van der Waals surface area contributed by atoms with Gasteiger partial charge >= 0.3 is 5.97 Å². The van der Waals surface area contributed by atoms with Gasteiger partial charge in [-0.15, -0.1) is 0 Å². The molecule has 0 fully saturated rings. The fraction of sp³-hybridized carbons (Fsp3) is 0.111. The molecule has 0 radical (unpaired) electrons. The van der Waals surface area contributed by atoms with E-state index in [0.29, 0.717) is 11.3 Å². The Morgan fingerprint density at radius 1 is 1.57 bits per heavy atom. The second kappa shape index (κ2) is 4.06. The smallest absolute Gasteiger partial charge is 0.336 e. The van der Waals surface area contributed by atoms with Crippen molar-refractivity contribution in [2.75, 3.05) is 5.32 Å². The lowest BCUT2D eigenvalue weighted by atomic mass is 10.1. The first-order valence-corrected chi connectivity index (χ1v) is 4.32. The highest BCUT2D eigenvalue weighted by Gasteiger charge is 2.09. The van der Waals surface area contributed by atoms with Gasteiger partial charge in [-0.1, -0.05) is 6.07 Å². The zero-order valence-corrected chi connectivity index (χ0v) is 8.39. The maximum absolute atomic E-state index is 10.8. The van der Waals surface area contributed by atoms with Crippen molar-refractivity contribution in [1.29, 1.82) is 0 Å². The highest BCUT2D eigenvalue weighted by Crippen LogP contribution is 2.18. The molecule has 0 amide bonds. The van der Waals surface area contributed by atoms with Gasteiger partial charge in [0, 0.05) is 5.69 Å². The van der Waals surface area contributed by atoms with Gasteiger partial charge in [-0.05, 0) is 36.8 Å². The van der Waals surface area contributed by atoms with Crippen LogP contribution in [-0.2, 0) is 0 Å². The van der Waals surface area contributed by atoms with E-state index in [1.165, 1.54) is 6.07 Å². The molecule has 14 heavy (non-hydrogen) atoms. The average Bonchev–Trinajstić information content (AvgIpc) is 2.07. The standard InChI is InChI=1S/C9H10N2O2S/c1-5-6(8(12)13)3-2-4-7(5)11-9(10)14/h2-4H,1H3,(H,12,13)(H3,10,11,14). The molecule has 0 heterocycles. The van der Waals surface area contributed by atoms with Crippen LogP contribution >= 0.6 is 12.2 Å². The zero-order valence-electron chi connectivity index (χ0n) is 7.57. The van der Waals surface area contributed by atoms with E-state index in [1.807, 2.05) is 0 Å². The van der Waals surface area contributed by atoms with Crippen LogP contribution in [0.3, 0.4) is 0 Å². The van der Waals surface area contributed by atoms with E-state index in [9.17, 15) is 4.79 Å². The van der Waals surface area contributed by atoms with E-state index in [2.05, 4.69) is 17.5 Å². The first-order valence-electron chi connectivity index (χ1n) is 3.91. The summed E-state index contributed by atoms with van der Waals surface area (Å²) in [7, 11) is 0. The number of carboxylic acids is 1. The molecule has 4 N–H and O–H groups in total. The maximum Gasteiger partial charge on any atom is 0.336 e. The van der Waals surface area contributed by atoms with Crippen LogP contribution in [0.1, 0.15) is 15.9 Å². The Morgan fingerprint density at radius 2 is 2.21 bits per heavy atom. The molecule has 1 aromatic carbocycles. The highest BCUT2D eigenvalue weighted by atomic mass is 32.1. The molecular formula is C9H10N2O2S. The number of thiocarbonyl (C=S) groups is 1. The summed E-state index contributed by atoms with van der Waals surface area (Å²) in [5.41, 5.74) is 6.78. The lowest BCUT2D eigenvalue weighted by Crippen LogP contribution is -2.20. The van der Waals surface area contributed by atoms with Crippen molar-refractivity contribution >= 4 is 29.0 Å². The summed E-state index contributed by atoms with van der Waals surface area (Å²) in [5, 5.41) is 11.7.